The van der Waals surface area contributed by atoms with Crippen molar-refractivity contribution < 1.29 is 13.2 Å². The van der Waals surface area contributed by atoms with Gasteiger partial charge in [0.05, 0.1) is 11.5 Å². The van der Waals surface area contributed by atoms with Gasteiger partial charge < -0.3 is 4.90 Å². The van der Waals surface area contributed by atoms with Gasteiger partial charge in [-0.25, -0.2) is 8.42 Å². The number of Topliss-reactive ketones (excluding diaryl/α,β-unsaturated/α-hetero) is 1. The van der Waals surface area contributed by atoms with E-state index < -0.39 is 9.84 Å². The van der Waals surface area contributed by atoms with Crippen molar-refractivity contribution in [1.29, 1.82) is 0 Å². The Hall–Kier alpha value is -1.20. The van der Waals surface area contributed by atoms with E-state index in [9.17, 15) is 13.2 Å². The van der Waals surface area contributed by atoms with Crippen molar-refractivity contribution in [1.82, 2.24) is 4.90 Å². The summed E-state index contributed by atoms with van der Waals surface area (Å²) in [6, 6.07) is 5.87. The summed E-state index contributed by atoms with van der Waals surface area (Å²) in [5, 5.41) is 0. The van der Waals surface area contributed by atoms with E-state index >= 15 is 0 Å². The molecule has 1 aromatic rings. The number of nitrogens with zero attached hydrogens (tertiary/aromatic N) is 1. The van der Waals surface area contributed by atoms with Gasteiger partial charge in [0.15, 0.2) is 15.6 Å². The predicted molar refractivity (Wildman–Crippen MR) is 80.0 cm³/mol. The average molecular weight is 295 g/mol. The molecule has 0 aliphatic carbocycles. The van der Waals surface area contributed by atoms with Crippen LogP contribution in [-0.4, -0.2) is 50.2 Å². The van der Waals surface area contributed by atoms with Crippen LogP contribution in [0.3, 0.4) is 0 Å². The Kier molecular flexibility index (Phi) is 4.60. The molecule has 0 atom stereocenters. The second-order valence-corrected chi connectivity index (χ2v) is 7.85. The van der Waals surface area contributed by atoms with Crippen molar-refractivity contribution in [2.24, 2.45) is 0 Å². The number of carbonyl (C=O) groups is 1. The minimum Gasteiger partial charge on any atom is -0.301 e. The van der Waals surface area contributed by atoms with Crippen LogP contribution in [0.5, 0.6) is 0 Å². The van der Waals surface area contributed by atoms with Gasteiger partial charge in [-0.05, 0) is 26.0 Å². The van der Waals surface area contributed by atoms with Gasteiger partial charge in [-0.3, -0.25) is 4.79 Å². The molecule has 1 saturated heterocycles. The van der Waals surface area contributed by atoms with Crippen LogP contribution in [0.15, 0.2) is 18.2 Å². The van der Waals surface area contributed by atoms with Gasteiger partial charge in [0.2, 0.25) is 0 Å². The summed E-state index contributed by atoms with van der Waals surface area (Å²) in [6.45, 7) is 5.70. The number of hydrogen-bond acceptors (Lipinski definition) is 4. The zero-order valence-corrected chi connectivity index (χ0v) is 12.9. The quantitative estimate of drug-likeness (QED) is 0.792. The molecular weight excluding hydrogens is 274 g/mol. The first kappa shape index (κ1) is 15.2. The molecule has 0 spiro atoms. The first-order valence-corrected chi connectivity index (χ1v) is 8.72. The van der Waals surface area contributed by atoms with Crippen LogP contribution in [0.25, 0.3) is 0 Å². The Bertz CT molecular complexity index is 573. The van der Waals surface area contributed by atoms with E-state index in [4.69, 9.17) is 0 Å². The average Bonchev–Trinajstić information content (AvgIpc) is 2.36. The van der Waals surface area contributed by atoms with Crippen LogP contribution >= 0.6 is 0 Å². The molecule has 0 N–H and O–H groups in total. The first-order valence-electron chi connectivity index (χ1n) is 6.90. The van der Waals surface area contributed by atoms with E-state index in [1.165, 1.54) is 0 Å². The number of benzene rings is 1. The lowest BCUT2D eigenvalue weighted by atomic mass is 10.0. The molecule has 1 heterocycles. The molecule has 0 saturated carbocycles. The van der Waals surface area contributed by atoms with Gasteiger partial charge in [0.1, 0.15) is 0 Å². The Morgan fingerprint density at radius 1 is 1.10 bits per heavy atom. The van der Waals surface area contributed by atoms with Gasteiger partial charge in [-0.15, -0.1) is 0 Å². The van der Waals surface area contributed by atoms with Crippen LogP contribution in [-0.2, 0) is 9.84 Å². The summed E-state index contributed by atoms with van der Waals surface area (Å²) in [4.78, 5) is 14.2. The molecule has 1 fully saturated rings. The highest BCUT2D eigenvalue weighted by atomic mass is 32.2. The van der Waals surface area contributed by atoms with Crippen LogP contribution in [0, 0.1) is 13.8 Å². The van der Waals surface area contributed by atoms with E-state index in [2.05, 4.69) is 4.90 Å². The maximum absolute atomic E-state index is 12.2. The molecule has 2 rings (SSSR count). The Balaban J connectivity index is 1.89. The molecule has 0 amide bonds. The third-order valence-corrected chi connectivity index (χ3v) is 5.24. The van der Waals surface area contributed by atoms with Crippen LogP contribution in [0.1, 0.15) is 27.9 Å². The topological polar surface area (TPSA) is 54.5 Å². The number of sulfone groups is 1. The lowest BCUT2D eigenvalue weighted by Crippen LogP contribution is -2.41. The molecule has 1 aliphatic heterocycles. The summed E-state index contributed by atoms with van der Waals surface area (Å²) in [6.07, 6.45) is 0.447. The number of hydrogen-bond donors (Lipinski definition) is 0. The first-order chi connectivity index (χ1) is 9.35. The zero-order valence-electron chi connectivity index (χ0n) is 12.1. The highest BCUT2D eigenvalue weighted by molar-refractivity contribution is 7.91. The van der Waals surface area contributed by atoms with E-state index in [0.29, 0.717) is 26.1 Å². The molecule has 110 valence electrons. The molecule has 5 heteroatoms. The summed E-state index contributed by atoms with van der Waals surface area (Å²) in [7, 11) is -2.84. The predicted octanol–water partition coefficient (Wildman–Crippen LogP) is 1.61. The van der Waals surface area contributed by atoms with Crippen molar-refractivity contribution in [3.05, 3.63) is 34.9 Å². The lowest BCUT2D eigenvalue weighted by Gasteiger charge is -2.26. The van der Waals surface area contributed by atoms with Crippen LogP contribution < -0.4 is 0 Å². The van der Waals surface area contributed by atoms with E-state index in [1.54, 1.807) is 0 Å². The van der Waals surface area contributed by atoms with Gasteiger partial charge in [0.25, 0.3) is 0 Å². The zero-order chi connectivity index (χ0) is 14.8. The van der Waals surface area contributed by atoms with Crippen molar-refractivity contribution in [2.45, 2.75) is 20.3 Å². The number of rotatable bonds is 4. The Morgan fingerprint density at radius 3 is 2.20 bits per heavy atom. The summed E-state index contributed by atoms with van der Waals surface area (Å²) >= 11 is 0. The van der Waals surface area contributed by atoms with Crippen molar-refractivity contribution in [3.8, 4) is 0 Å². The van der Waals surface area contributed by atoms with Gasteiger partial charge in [0, 0.05) is 31.6 Å². The van der Waals surface area contributed by atoms with Crippen molar-refractivity contribution >= 4 is 15.6 Å². The summed E-state index contributed by atoms with van der Waals surface area (Å²) in [5.41, 5.74) is 2.95. The van der Waals surface area contributed by atoms with Gasteiger partial charge in [-0.2, -0.15) is 0 Å². The molecule has 20 heavy (non-hydrogen) atoms. The van der Waals surface area contributed by atoms with E-state index in [1.807, 2.05) is 32.0 Å². The Labute approximate surface area is 120 Å². The van der Waals surface area contributed by atoms with Gasteiger partial charge in [-0.1, -0.05) is 17.2 Å². The second-order valence-electron chi connectivity index (χ2n) is 5.54. The highest BCUT2D eigenvalue weighted by Crippen LogP contribution is 2.12. The summed E-state index contributed by atoms with van der Waals surface area (Å²) in [5.74, 6) is 0.556. The highest BCUT2D eigenvalue weighted by Gasteiger charge is 2.21. The Morgan fingerprint density at radius 2 is 1.65 bits per heavy atom. The number of carbonyl (C=O) groups excluding carboxylic acids is 1. The van der Waals surface area contributed by atoms with Crippen molar-refractivity contribution in [2.75, 3.05) is 31.1 Å². The largest absolute Gasteiger partial charge is 0.301 e. The minimum atomic E-state index is -2.84. The lowest BCUT2D eigenvalue weighted by molar-refractivity contribution is 0.0966. The van der Waals surface area contributed by atoms with E-state index in [-0.39, 0.29) is 17.3 Å². The monoisotopic (exact) mass is 295 g/mol. The maximum Gasteiger partial charge on any atom is 0.164 e. The molecule has 0 radical (unpaired) electrons. The molecule has 4 nitrogen and oxygen atoms in total. The fourth-order valence-electron chi connectivity index (χ4n) is 2.51. The molecular formula is C15H21NO3S. The third kappa shape index (κ3) is 4.15. The van der Waals surface area contributed by atoms with Gasteiger partial charge >= 0.3 is 0 Å². The van der Waals surface area contributed by atoms with Crippen LogP contribution in [0.2, 0.25) is 0 Å². The second kappa shape index (κ2) is 6.06. The smallest absolute Gasteiger partial charge is 0.164 e. The third-order valence-electron chi connectivity index (χ3n) is 3.64. The normalized spacial score (nSPS) is 18.9. The van der Waals surface area contributed by atoms with Crippen molar-refractivity contribution in [3.63, 3.8) is 0 Å². The molecule has 0 unspecified atom stereocenters. The van der Waals surface area contributed by atoms with Crippen LogP contribution in [0.4, 0.5) is 0 Å². The van der Waals surface area contributed by atoms with E-state index in [0.717, 1.165) is 16.7 Å². The molecule has 1 aromatic carbocycles. The molecule has 0 aromatic heterocycles. The summed E-state index contributed by atoms with van der Waals surface area (Å²) < 4.78 is 22.7. The molecule has 0 bridgehead atoms. The fraction of sp³-hybridized carbons (Fsp3) is 0.533. The number of ketones is 1. The SMILES string of the molecule is Cc1cc(C)cc(C(=O)CCN2CCS(=O)(=O)CC2)c1. The standard InChI is InChI=1S/C15H21NO3S/c1-12-9-13(2)11-14(10-12)15(17)3-4-16-5-7-20(18,19)8-6-16/h9-11H,3-8H2,1-2H3. The maximum atomic E-state index is 12.2. The molecule has 1 aliphatic rings. The minimum absolute atomic E-state index is 0.130. The fourth-order valence-corrected chi connectivity index (χ4v) is 3.79. The number of aryl methyl sites for hydroxylation is 2.